The van der Waals surface area contributed by atoms with Gasteiger partial charge in [-0.2, -0.15) is 13.2 Å². The zero-order chi connectivity index (χ0) is 40.6. The summed E-state index contributed by atoms with van der Waals surface area (Å²) in [6, 6.07) is 50.4. The Bertz CT molecular complexity index is 3860. The first-order valence-corrected chi connectivity index (χ1v) is 19.8. The van der Waals surface area contributed by atoms with Crippen molar-refractivity contribution < 1.29 is 13.2 Å². The van der Waals surface area contributed by atoms with Crippen LogP contribution in [-0.4, -0.2) is 18.3 Å². The van der Waals surface area contributed by atoms with Gasteiger partial charge in [-0.25, -0.2) is 4.85 Å². The van der Waals surface area contributed by atoms with Crippen molar-refractivity contribution >= 4 is 92.9 Å². The molecule has 0 N–H and O–H groups in total. The van der Waals surface area contributed by atoms with E-state index in [2.05, 4.69) is 44.3 Å². The normalized spacial score (nSPS) is 12.4. The van der Waals surface area contributed by atoms with E-state index in [0.717, 1.165) is 76.2 Å². The summed E-state index contributed by atoms with van der Waals surface area (Å²) in [5, 5.41) is 7.41. The average Bonchev–Trinajstić information content (AvgIpc) is 3.98. The predicted octanol–water partition coefficient (Wildman–Crippen LogP) is 14.4. The standard InChI is InChI=1S/C52H32F3N5/c1-56-31-14-12-13-30(27-31)38-28-47(60-43-22-11-5-16-33(43)35-24-26-45-49(51(35)60)37-18-7-9-20-41(37)58(45)3)39(52(53,54)55)29-46(38)59-42-21-10-4-15-32(42)34-23-25-44-48(50(34)59)36-17-6-8-19-40(36)57(44)2/h4-29H,2-3H3. The van der Waals surface area contributed by atoms with Gasteiger partial charge >= 0.3 is 6.18 Å². The van der Waals surface area contributed by atoms with Crippen LogP contribution in [0.15, 0.2) is 158 Å². The highest BCUT2D eigenvalue weighted by molar-refractivity contribution is 6.27. The SMILES string of the molecule is [C-]#[N+]c1cccc(-c2cc(-n3c4ccccc4c4ccc5c(c6ccccc6n5C)c43)c(C(F)(F)F)cc2-n2c3ccccc3c3ccc4c(c5ccccc5n4C)c32)c1. The molecular weight excluding hydrogens is 752 g/mol. The van der Waals surface area contributed by atoms with E-state index in [4.69, 9.17) is 6.57 Å². The summed E-state index contributed by atoms with van der Waals surface area (Å²) in [6.07, 6.45) is -4.77. The van der Waals surface area contributed by atoms with Crippen molar-refractivity contribution in [3.8, 4) is 22.5 Å². The van der Waals surface area contributed by atoms with Crippen LogP contribution in [0, 0.1) is 6.57 Å². The molecule has 286 valence electrons. The molecule has 4 aromatic heterocycles. The van der Waals surface area contributed by atoms with Crippen LogP contribution in [-0.2, 0) is 20.3 Å². The first-order chi connectivity index (χ1) is 29.2. The summed E-state index contributed by atoms with van der Waals surface area (Å²) in [5.74, 6) is 0. The molecular formula is C52H32F3N5. The van der Waals surface area contributed by atoms with Gasteiger partial charge in [-0.1, -0.05) is 103 Å². The van der Waals surface area contributed by atoms with Crippen molar-refractivity contribution in [3.63, 3.8) is 0 Å². The summed E-state index contributed by atoms with van der Waals surface area (Å²) in [6.45, 7) is 7.94. The highest BCUT2D eigenvalue weighted by Gasteiger charge is 2.37. The lowest BCUT2D eigenvalue weighted by atomic mass is 9.97. The third-order valence-electron chi connectivity index (χ3n) is 12.6. The topological polar surface area (TPSA) is 24.1 Å². The maximum absolute atomic E-state index is 16.3. The Hall–Kier alpha value is -7.76. The third-order valence-corrected chi connectivity index (χ3v) is 12.6. The van der Waals surface area contributed by atoms with Gasteiger partial charge in [-0.3, -0.25) is 0 Å². The number of fused-ring (bicyclic) bond motifs is 14. The maximum atomic E-state index is 16.3. The highest BCUT2D eigenvalue weighted by atomic mass is 19.4. The van der Waals surface area contributed by atoms with Crippen molar-refractivity contribution in [1.82, 2.24) is 18.3 Å². The molecule has 0 aliphatic rings. The van der Waals surface area contributed by atoms with Gasteiger partial charge in [0.25, 0.3) is 0 Å². The minimum absolute atomic E-state index is 0.0113. The number of hydrogen-bond donors (Lipinski definition) is 0. The lowest BCUT2D eigenvalue weighted by molar-refractivity contribution is -0.137. The zero-order valence-electron chi connectivity index (χ0n) is 32.4. The summed E-state index contributed by atoms with van der Waals surface area (Å²) >= 11 is 0. The molecule has 0 bridgehead atoms. The molecule has 5 nitrogen and oxygen atoms in total. The van der Waals surface area contributed by atoms with Gasteiger partial charge < -0.3 is 18.3 Å². The fraction of sp³-hybridized carbons (Fsp3) is 0.0577. The molecule has 0 unspecified atom stereocenters. The number of para-hydroxylation sites is 4. The van der Waals surface area contributed by atoms with Crippen LogP contribution in [0.2, 0.25) is 0 Å². The van der Waals surface area contributed by atoms with Gasteiger partial charge in [0, 0.05) is 73.8 Å². The lowest BCUT2D eigenvalue weighted by Crippen LogP contribution is -2.13. The molecule has 0 amide bonds. The molecule has 0 saturated heterocycles. The number of aryl methyl sites for hydroxylation is 2. The predicted molar refractivity (Wildman–Crippen MR) is 240 cm³/mol. The smallest absolute Gasteiger partial charge is 0.344 e. The summed E-state index contributed by atoms with van der Waals surface area (Å²) < 4.78 is 57.0. The molecule has 0 saturated carbocycles. The minimum atomic E-state index is -4.77. The molecule has 8 heteroatoms. The largest absolute Gasteiger partial charge is 0.418 e. The second-order valence-electron chi connectivity index (χ2n) is 15.6. The van der Waals surface area contributed by atoms with Crippen LogP contribution in [0.1, 0.15) is 5.56 Å². The molecule has 0 fully saturated rings. The van der Waals surface area contributed by atoms with Crippen LogP contribution in [0.5, 0.6) is 0 Å². The molecule has 0 aliphatic carbocycles. The van der Waals surface area contributed by atoms with E-state index in [9.17, 15) is 0 Å². The van der Waals surface area contributed by atoms with E-state index >= 15 is 13.2 Å². The summed E-state index contributed by atoms with van der Waals surface area (Å²) in [7, 11) is 4.03. The van der Waals surface area contributed by atoms with Crippen molar-refractivity contribution in [2.75, 3.05) is 0 Å². The van der Waals surface area contributed by atoms with Crippen molar-refractivity contribution in [2.24, 2.45) is 14.1 Å². The van der Waals surface area contributed by atoms with Crippen LogP contribution < -0.4 is 0 Å². The molecule has 0 spiro atoms. The molecule has 60 heavy (non-hydrogen) atoms. The maximum Gasteiger partial charge on any atom is 0.418 e. The van der Waals surface area contributed by atoms with Crippen molar-refractivity contribution in [2.45, 2.75) is 6.18 Å². The number of hydrogen-bond acceptors (Lipinski definition) is 0. The Morgan fingerprint density at radius 3 is 1.45 bits per heavy atom. The number of aromatic nitrogens is 4. The van der Waals surface area contributed by atoms with Gasteiger partial charge in [-0.15, -0.1) is 0 Å². The highest BCUT2D eigenvalue weighted by Crippen LogP contribution is 2.48. The van der Waals surface area contributed by atoms with E-state index in [1.54, 1.807) is 24.3 Å². The monoisotopic (exact) mass is 783 g/mol. The number of nitrogens with zero attached hydrogens (tertiary/aromatic N) is 5. The molecule has 0 atom stereocenters. The lowest BCUT2D eigenvalue weighted by Gasteiger charge is -2.22. The third kappa shape index (κ3) is 4.52. The first-order valence-electron chi connectivity index (χ1n) is 19.8. The number of rotatable bonds is 3. The Labute approximate surface area is 340 Å². The van der Waals surface area contributed by atoms with Gasteiger partial charge in [0.05, 0.1) is 56.6 Å². The minimum Gasteiger partial charge on any atom is -0.344 e. The van der Waals surface area contributed by atoms with Gasteiger partial charge in [0.1, 0.15) is 0 Å². The number of alkyl halides is 3. The Morgan fingerprint density at radius 2 is 0.933 bits per heavy atom. The Balaban J connectivity index is 1.31. The van der Waals surface area contributed by atoms with E-state index in [0.29, 0.717) is 33.5 Å². The fourth-order valence-electron chi connectivity index (χ4n) is 10.0. The van der Waals surface area contributed by atoms with E-state index in [-0.39, 0.29) is 5.69 Å². The van der Waals surface area contributed by atoms with Crippen molar-refractivity contribution in [1.29, 1.82) is 0 Å². The van der Waals surface area contributed by atoms with E-state index < -0.39 is 11.7 Å². The molecule has 0 aliphatic heterocycles. The van der Waals surface area contributed by atoms with Crippen LogP contribution in [0.25, 0.3) is 115 Å². The van der Waals surface area contributed by atoms with Crippen LogP contribution in [0.3, 0.4) is 0 Å². The van der Waals surface area contributed by atoms with Gasteiger partial charge in [0.2, 0.25) is 0 Å². The summed E-state index contributed by atoms with van der Waals surface area (Å²) in [4.78, 5) is 3.76. The second-order valence-corrected chi connectivity index (χ2v) is 15.6. The van der Waals surface area contributed by atoms with Gasteiger partial charge in [0.15, 0.2) is 5.69 Å². The number of benzene rings is 8. The fourth-order valence-corrected chi connectivity index (χ4v) is 10.0. The zero-order valence-corrected chi connectivity index (χ0v) is 32.4. The summed E-state index contributed by atoms with van der Waals surface area (Å²) in [5.41, 5.74) is 8.12. The quantitative estimate of drug-likeness (QED) is 0.159. The van der Waals surface area contributed by atoms with Crippen molar-refractivity contribution in [3.05, 3.63) is 175 Å². The van der Waals surface area contributed by atoms with Gasteiger partial charge in [-0.05, 0) is 60.2 Å². The van der Waals surface area contributed by atoms with E-state index in [1.807, 2.05) is 120 Å². The Morgan fingerprint density at radius 1 is 0.450 bits per heavy atom. The van der Waals surface area contributed by atoms with Crippen LogP contribution >= 0.6 is 0 Å². The molecule has 4 heterocycles. The second kappa shape index (κ2) is 12.1. The molecule has 0 radical (unpaired) electrons. The first kappa shape index (κ1) is 34.3. The average molecular weight is 784 g/mol. The van der Waals surface area contributed by atoms with Crippen LogP contribution in [0.4, 0.5) is 18.9 Å². The molecule has 12 rings (SSSR count). The number of halogens is 3. The molecule has 12 aromatic rings. The molecule has 8 aromatic carbocycles. The van der Waals surface area contributed by atoms with E-state index in [1.165, 1.54) is 6.07 Å². The Kier molecular flexibility index (Phi) is 6.94.